The molecule has 4 bridgehead atoms. The van der Waals surface area contributed by atoms with Gasteiger partial charge in [-0.15, -0.1) is 5.60 Å². The summed E-state index contributed by atoms with van der Waals surface area (Å²) >= 11 is 0. The molecule has 4 aliphatic carbocycles. The largest absolute Gasteiger partial charge is 1.00 e. The van der Waals surface area contributed by atoms with Crippen LogP contribution in [0.2, 0.25) is 0 Å². The van der Waals surface area contributed by atoms with Crippen LogP contribution in [0.5, 0.6) is 0 Å². The first-order valence-electron chi connectivity index (χ1n) is 6.31. The van der Waals surface area contributed by atoms with Gasteiger partial charge in [-0.2, -0.15) is 0 Å². The van der Waals surface area contributed by atoms with Gasteiger partial charge < -0.3 is 5.11 Å². The first kappa shape index (κ1) is 12.4. The van der Waals surface area contributed by atoms with E-state index in [2.05, 4.69) is 13.8 Å². The second-order valence-corrected chi connectivity index (χ2v) is 6.31. The van der Waals surface area contributed by atoms with Crippen molar-refractivity contribution in [2.24, 2.45) is 29.6 Å². The molecule has 0 aromatic rings. The molecule has 15 heavy (non-hydrogen) atoms. The quantitative estimate of drug-likeness (QED) is 0.526. The molecule has 0 heterocycles. The normalized spacial score (nSPS) is 52.0. The van der Waals surface area contributed by atoms with Crippen LogP contribution in [0, 0.1) is 29.6 Å². The van der Waals surface area contributed by atoms with Crippen molar-refractivity contribution in [2.45, 2.75) is 51.6 Å². The molecule has 0 radical (unpaired) electrons. The van der Waals surface area contributed by atoms with Gasteiger partial charge in [0.15, 0.2) is 0 Å². The number of rotatable bonds is 1. The zero-order chi connectivity index (χ0) is 9.92. The molecule has 0 spiro atoms. The molecule has 4 rings (SSSR count). The van der Waals surface area contributed by atoms with E-state index in [1.54, 1.807) is 0 Å². The van der Waals surface area contributed by atoms with Crippen molar-refractivity contribution in [1.82, 2.24) is 0 Å². The number of hydrogen-bond acceptors (Lipinski definition) is 1. The van der Waals surface area contributed by atoms with Crippen LogP contribution < -0.4 is 34.7 Å². The third-order valence-corrected chi connectivity index (χ3v) is 5.32. The van der Waals surface area contributed by atoms with Crippen LogP contribution in [0.4, 0.5) is 0 Å². The molecule has 4 fully saturated rings. The summed E-state index contributed by atoms with van der Waals surface area (Å²) < 4.78 is 0. The number of hydrogen-bond donors (Lipinski definition) is 0. The van der Waals surface area contributed by atoms with E-state index in [1.807, 2.05) is 0 Å². The molecule has 2 heteroatoms. The summed E-state index contributed by atoms with van der Waals surface area (Å²) in [6, 6.07) is 0. The maximum absolute atomic E-state index is 12.9. The molecule has 0 amide bonds. The maximum Gasteiger partial charge on any atom is 1.00 e. The van der Waals surface area contributed by atoms with E-state index in [1.165, 1.54) is 32.1 Å². The van der Waals surface area contributed by atoms with Gasteiger partial charge in [0.05, 0.1) is 0 Å². The minimum atomic E-state index is -0.548. The monoisotopic (exact) mass is 216 g/mol. The molecule has 0 saturated heterocycles. The summed E-state index contributed by atoms with van der Waals surface area (Å²) in [5, 5.41) is 12.9. The zero-order valence-electron chi connectivity index (χ0n) is 10.3. The van der Waals surface area contributed by atoms with E-state index >= 15 is 0 Å². The topological polar surface area (TPSA) is 23.1 Å². The van der Waals surface area contributed by atoms with E-state index in [9.17, 15) is 5.11 Å². The van der Waals surface area contributed by atoms with Crippen molar-refractivity contribution in [1.29, 1.82) is 0 Å². The summed E-state index contributed by atoms with van der Waals surface area (Å²) in [6.45, 7) is 4.30. The molecule has 0 aliphatic heterocycles. The Morgan fingerprint density at radius 3 is 1.67 bits per heavy atom. The van der Waals surface area contributed by atoms with E-state index in [0.29, 0.717) is 17.8 Å². The maximum atomic E-state index is 12.9. The molecule has 0 N–H and O–H groups in total. The van der Waals surface area contributed by atoms with Gasteiger partial charge in [0.25, 0.3) is 0 Å². The first-order chi connectivity index (χ1) is 6.60. The van der Waals surface area contributed by atoms with Gasteiger partial charge in [0.2, 0.25) is 0 Å². The van der Waals surface area contributed by atoms with Gasteiger partial charge in [-0.1, -0.05) is 31.6 Å². The average molecular weight is 216 g/mol. The molecule has 0 aromatic carbocycles. The first-order valence-corrected chi connectivity index (χ1v) is 6.31. The Kier molecular flexibility index (Phi) is 3.32. The molecule has 4 saturated carbocycles. The summed E-state index contributed by atoms with van der Waals surface area (Å²) in [6.07, 6.45) is 6.48. The Hall–Kier alpha value is 0.960. The Balaban J connectivity index is 0.000000853. The van der Waals surface area contributed by atoms with Crippen LogP contribution in [0.3, 0.4) is 0 Å². The van der Waals surface area contributed by atoms with Crippen molar-refractivity contribution < 1.29 is 34.7 Å². The molecule has 0 atom stereocenters. The Labute approximate surface area is 115 Å². The summed E-state index contributed by atoms with van der Waals surface area (Å²) in [5.41, 5.74) is -0.548. The third kappa shape index (κ3) is 1.66. The fourth-order valence-electron chi connectivity index (χ4n) is 4.86. The molecular weight excluding hydrogens is 195 g/mol. The van der Waals surface area contributed by atoms with Crippen LogP contribution in [0.25, 0.3) is 0 Å². The van der Waals surface area contributed by atoms with Gasteiger partial charge in [-0.05, 0) is 43.9 Å². The SMILES string of the molecule is CC(C)C1([O-])C2CC3CC(C2)CC1C3.[Na+]. The molecule has 0 aromatic heterocycles. The average Bonchev–Trinajstić information content (AvgIpc) is 2.12. The van der Waals surface area contributed by atoms with Crippen LogP contribution >= 0.6 is 0 Å². The van der Waals surface area contributed by atoms with Gasteiger partial charge in [0.1, 0.15) is 0 Å². The fourth-order valence-corrected chi connectivity index (χ4v) is 4.86. The zero-order valence-corrected chi connectivity index (χ0v) is 12.3. The Morgan fingerprint density at radius 2 is 1.33 bits per heavy atom. The summed E-state index contributed by atoms with van der Waals surface area (Å²) in [4.78, 5) is 0. The van der Waals surface area contributed by atoms with Crippen molar-refractivity contribution >= 4 is 0 Å². The second-order valence-electron chi connectivity index (χ2n) is 6.31. The van der Waals surface area contributed by atoms with Crippen LogP contribution in [-0.2, 0) is 0 Å². The predicted octanol–water partition coefficient (Wildman–Crippen LogP) is -0.798. The molecule has 1 nitrogen and oxygen atoms in total. The van der Waals surface area contributed by atoms with Crippen molar-refractivity contribution in [3.63, 3.8) is 0 Å². The van der Waals surface area contributed by atoms with Crippen LogP contribution in [0.15, 0.2) is 0 Å². The minimum absolute atomic E-state index is 0. The van der Waals surface area contributed by atoms with E-state index in [-0.39, 0.29) is 29.6 Å². The van der Waals surface area contributed by atoms with Crippen molar-refractivity contribution in [2.75, 3.05) is 0 Å². The molecule has 4 aliphatic rings. The van der Waals surface area contributed by atoms with Crippen molar-refractivity contribution in [3.05, 3.63) is 0 Å². The fraction of sp³-hybridized carbons (Fsp3) is 1.00. The van der Waals surface area contributed by atoms with Crippen LogP contribution in [0.1, 0.15) is 46.0 Å². The van der Waals surface area contributed by atoms with Gasteiger partial charge >= 0.3 is 29.6 Å². The Bertz CT molecular complexity index is 221. The van der Waals surface area contributed by atoms with Gasteiger partial charge in [-0.25, -0.2) is 0 Å². The molecule has 80 valence electrons. The smallest absolute Gasteiger partial charge is 0.849 e. The predicted molar refractivity (Wildman–Crippen MR) is 54.6 cm³/mol. The van der Waals surface area contributed by atoms with Gasteiger partial charge in [-0.3, -0.25) is 0 Å². The molecular formula is C13H21NaO. The minimum Gasteiger partial charge on any atom is -0.849 e. The third-order valence-electron chi connectivity index (χ3n) is 5.32. The van der Waals surface area contributed by atoms with Gasteiger partial charge in [0, 0.05) is 0 Å². The summed E-state index contributed by atoms with van der Waals surface area (Å²) in [5.74, 6) is 3.26. The standard InChI is InChI=1S/C13H21O.Na/c1-8(2)13(14)11-4-9-3-10(6-11)7-12(13)5-9;/h8-12H,3-7H2,1-2H3;/q-1;+1. The van der Waals surface area contributed by atoms with E-state index < -0.39 is 5.60 Å². The van der Waals surface area contributed by atoms with E-state index in [0.717, 1.165) is 11.8 Å². The van der Waals surface area contributed by atoms with Crippen molar-refractivity contribution in [3.8, 4) is 0 Å². The Morgan fingerprint density at radius 1 is 0.933 bits per heavy atom. The van der Waals surface area contributed by atoms with E-state index in [4.69, 9.17) is 0 Å². The summed E-state index contributed by atoms with van der Waals surface area (Å²) in [7, 11) is 0. The second kappa shape index (κ2) is 4.01. The molecule has 0 unspecified atom stereocenters. The van der Waals surface area contributed by atoms with Crippen LogP contribution in [-0.4, -0.2) is 5.60 Å².